The third-order valence-electron chi connectivity index (χ3n) is 4.21. The van der Waals surface area contributed by atoms with Crippen molar-refractivity contribution in [2.75, 3.05) is 13.9 Å². The molecule has 0 aliphatic heterocycles. The number of nitro benzene ring substituents is 1. The van der Waals surface area contributed by atoms with E-state index in [0.29, 0.717) is 16.9 Å². The van der Waals surface area contributed by atoms with E-state index in [4.69, 9.17) is 15.2 Å². The molecule has 0 saturated carbocycles. The Bertz CT molecular complexity index is 1020. The molecular weight excluding hydrogens is 360 g/mol. The van der Waals surface area contributed by atoms with E-state index in [1.807, 2.05) is 12.1 Å². The van der Waals surface area contributed by atoms with E-state index < -0.39 is 10.8 Å². The van der Waals surface area contributed by atoms with Gasteiger partial charge in [-0.15, -0.1) is 0 Å². The molecule has 7 nitrogen and oxygen atoms in total. The van der Waals surface area contributed by atoms with Crippen LogP contribution in [0.5, 0.6) is 5.75 Å². The minimum atomic E-state index is -0.644. The standard InChI is InChI=1S/C21H18N2O5/c1-27-13-28-16-9-6-14(7-10-16)15-8-11-20(23(25)26)19(12-15)17-4-2-3-5-18(17)21(22)24/h2-12H,13H2,1H3,(H2,22,24). The topological polar surface area (TPSA) is 105 Å². The lowest BCUT2D eigenvalue weighted by Gasteiger charge is -2.11. The first-order chi connectivity index (χ1) is 13.5. The molecule has 142 valence electrons. The van der Waals surface area contributed by atoms with Gasteiger partial charge < -0.3 is 15.2 Å². The van der Waals surface area contributed by atoms with Crippen LogP contribution in [0.25, 0.3) is 22.3 Å². The average molecular weight is 378 g/mol. The maximum absolute atomic E-state index is 11.8. The fraction of sp³-hybridized carbons (Fsp3) is 0.0952. The molecule has 2 N–H and O–H groups in total. The number of ether oxygens (including phenoxy) is 2. The van der Waals surface area contributed by atoms with Gasteiger partial charge in [-0.25, -0.2) is 0 Å². The molecule has 0 unspecified atom stereocenters. The summed E-state index contributed by atoms with van der Waals surface area (Å²) in [6.07, 6.45) is 0. The highest BCUT2D eigenvalue weighted by Gasteiger charge is 2.20. The molecule has 1 amide bonds. The van der Waals surface area contributed by atoms with Crippen LogP contribution >= 0.6 is 0 Å². The minimum Gasteiger partial charge on any atom is -0.468 e. The fourth-order valence-electron chi connectivity index (χ4n) is 2.89. The highest BCUT2D eigenvalue weighted by molar-refractivity contribution is 6.01. The Kier molecular flexibility index (Phi) is 5.67. The third kappa shape index (κ3) is 3.99. The summed E-state index contributed by atoms with van der Waals surface area (Å²) in [6, 6.07) is 18.6. The summed E-state index contributed by atoms with van der Waals surface area (Å²) in [4.78, 5) is 22.8. The second-order valence-electron chi connectivity index (χ2n) is 5.97. The van der Waals surface area contributed by atoms with Crippen molar-refractivity contribution in [3.05, 3.63) is 82.4 Å². The Morgan fingerprint density at radius 2 is 1.68 bits per heavy atom. The van der Waals surface area contributed by atoms with Gasteiger partial charge in [-0.1, -0.05) is 30.3 Å². The molecule has 0 heterocycles. The zero-order chi connectivity index (χ0) is 20.1. The van der Waals surface area contributed by atoms with E-state index in [1.54, 1.807) is 48.5 Å². The quantitative estimate of drug-likeness (QED) is 0.380. The molecule has 3 aromatic carbocycles. The first-order valence-corrected chi connectivity index (χ1v) is 8.41. The first kappa shape index (κ1) is 19.1. The average Bonchev–Trinajstić information content (AvgIpc) is 2.72. The van der Waals surface area contributed by atoms with Gasteiger partial charge in [0.25, 0.3) is 5.69 Å². The zero-order valence-electron chi connectivity index (χ0n) is 15.1. The van der Waals surface area contributed by atoms with Crippen molar-refractivity contribution < 1.29 is 19.2 Å². The summed E-state index contributed by atoms with van der Waals surface area (Å²) >= 11 is 0. The van der Waals surface area contributed by atoms with Crippen LogP contribution in [0.4, 0.5) is 5.69 Å². The molecule has 0 saturated heterocycles. The van der Waals surface area contributed by atoms with Gasteiger partial charge in [0.05, 0.1) is 10.5 Å². The molecule has 0 aromatic heterocycles. The van der Waals surface area contributed by atoms with Crippen LogP contribution in [0.15, 0.2) is 66.7 Å². The SMILES string of the molecule is COCOc1ccc(-c2ccc([N+](=O)[O-])c(-c3ccccc3C(N)=O)c2)cc1. The molecule has 28 heavy (non-hydrogen) atoms. The minimum absolute atomic E-state index is 0.0995. The van der Waals surface area contributed by atoms with Crippen molar-refractivity contribution in [1.29, 1.82) is 0 Å². The number of nitro groups is 1. The van der Waals surface area contributed by atoms with Crippen molar-refractivity contribution in [3.63, 3.8) is 0 Å². The Morgan fingerprint density at radius 1 is 1.00 bits per heavy atom. The van der Waals surface area contributed by atoms with E-state index in [9.17, 15) is 14.9 Å². The van der Waals surface area contributed by atoms with Crippen LogP contribution in [-0.2, 0) is 4.74 Å². The van der Waals surface area contributed by atoms with Crippen LogP contribution in [0.1, 0.15) is 10.4 Å². The lowest BCUT2D eigenvalue weighted by Crippen LogP contribution is -2.12. The van der Waals surface area contributed by atoms with Crippen LogP contribution in [0.3, 0.4) is 0 Å². The third-order valence-corrected chi connectivity index (χ3v) is 4.21. The Balaban J connectivity index is 2.08. The summed E-state index contributed by atoms with van der Waals surface area (Å²) in [5, 5.41) is 11.5. The molecule has 0 bridgehead atoms. The van der Waals surface area contributed by atoms with Crippen LogP contribution in [0.2, 0.25) is 0 Å². The summed E-state index contributed by atoms with van der Waals surface area (Å²) in [5.74, 6) is 0.00162. The lowest BCUT2D eigenvalue weighted by atomic mass is 9.94. The number of amides is 1. The summed E-state index contributed by atoms with van der Waals surface area (Å²) < 4.78 is 10.2. The van der Waals surface area contributed by atoms with Gasteiger partial charge in [0.2, 0.25) is 5.91 Å². The number of methoxy groups -OCH3 is 1. The number of hydrogen-bond donors (Lipinski definition) is 1. The van der Waals surface area contributed by atoms with E-state index in [0.717, 1.165) is 11.1 Å². The molecule has 3 rings (SSSR count). The van der Waals surface area contributed by atoms with E-state index in [2.05, 4.69) is 0 Å². The van der Waals surface area contributed by atoms with Crippen molar-refractivity contribution in [2.24, 2.45) is 5.73 Å². The van der Waals surface area contributed by atoms with Gasteiger partial charge in [-0.3, -0.25) is 14.9 Å². The molecule has 0 radical (unpaired) electrons. The van der Waals surface area contributed by atoms with E-state index in [1.165, 1.54) is 13.2 Å². The first-order valence-electron chi connectivity index (χ1n) is 8.41. The fourth-order valence-corrected chi connectivity index (χ4v) is 2.89. The smallest absolute Gasteiger partial charge is 0.277 e. The van der Waals surface area contributed by atoms with Gasteiger partial charge in [0.15, 0.2) is 6.79 Å². The number of hydrogen-bond acceptors (Lipinski definition) is 5. The Hall–Kier alpha value is -3.71. The Morgan fingerprint density at radius 3 is 2.32 bits per heavy atom. The molecular formula is C21H18N2O5. The Labute approximate surface area is 161 Å². The zero-order valence-corrected chi connectivity index (χ0v) is 15.1. The second-order valence-corrected chi connectivity index (χ2v) is 5.97. The van der Waals surface area contributed by atoms with E-state index in [-0.39, 0.29) is 18.0 Å². The monoisotopic (exact) mass is 378 g/mol. The summed E-state index contributed by atoms with van der Waals surface area (Å²) in [7, 11) is 1.54. The molecule has 0 spiro atoms. The van der Waals surface area contributed by atoms with Crippen molar-refractivity contribution in [2.45, 2.75) is 0 Å². The second kappa shape index (κ2) is 8.32. The predicted octanol–water partition coefficient (Wildman–Crippen LogP) is 4.01. The normalized spacial score (nSPS) is 10.5. The van der Waals surface area contributed by atoms with Crippen molar-refractivity contribution in [3.8, 4) is 28.0 Å². The molecule has 7 heteroatoms. The highest BCUT2D eigenvalue weighted by Crippen LogP contribution is 2.36. The molecule has 0 aliphatic rings. The molecule has 0 atom stereocenters. The van der Waals surface area contributed by atoms with E-state index >= 15 is 0 Å². The van der Waals surface area contributed by atoms with Crippen LogP contribution in [0, 0.1) is 10.1 Å². The number of carbonyl (C=O) groups is 1. The van der Waals surface area contributed by atoms with Crippen LogP contribution < -0.4 is 10.5 Å². The summed E-state index contributed by atoms with van der Waals surface area (Å²) in [5.41, 5.74) is 7.94. The van der Waals surface area contributed by atoms with Crippen LogP contribution in [-0.4, -0.2) is 24.7 Å². The highest BCUT2D eigenvalue weighted by atomic mass is 16.7. The lowest BCUT2D eigenvalue weighted by molar-refractivity contribution is -0.384. The van der Waals surface area contributed by atoms with Gasteiger partial charge in [0, 0.05) is 24.3 Å². The number of benzene rings is 3. The van der Waals surface area contributed by atoms with Crippen molar-refractivity contribution >= 4 is 11.6 Å². The largest absolute Gasteiger partial charge is 0.468 e. The van der Waals surface area contributed by atoms with Gasteiger partial charge in [0.1, 0.15) is 5.75 Å². The number of nitrogens with zero attached hydrogens (tertiary/aromatic N) is 1. The molecule has 0 fully saturated rings. The summed E-state index contributed by atoms with van der Waals surface area (Å²) in [6.45, 7) is 0.144. The number of rotatable bonds is 7. The number of nitrogens with two attached hydrogens (primary N) is 1. The van der Waals surface area contributed by atoms with Gasteiger partial charge in [-0.05, 0) is 41.5 Å². The molecule has 3 aromatic rings. The number of primary amides is 1. The number of carbonyl (C=O) groups excluding carboxylic acids is 1. The predicted molar refractivity (Wildman–Crippen MR) is 105 cm³/mol. The maximum atomic E-state index is 11.8. The van der Waals surface area contributed by atoms with Gasteiger partial charge >= 0.3 is 0 Å². The molecule has 0 aliphatic carbocycles. The maximum Gasteiger partial charge on any atom is 0.277 e. The van der Waals surface area contributed by atoms with Crippen molar-refractivity contribution in [1.82, 2.24) is 0 Å². The van der Waals surface area contributed by atoms with Gasteiger partial charge in [-0.2, -0.15) is 0 Å².